The second-order valence-electron chi connectivity index (χ2n) is 7.43. The summed E-state index contributed by atoms with van der Waals surface area (Å²) in [5.41, 5.74) is 0.895. The smallest absolute Gasteiger partial charge is 0.227 e. The predicted molar refractivity (Wildman–Crippen MR) is 107 cm³/mol. The minimum absolute atomic E-state index is 0.0800. The van der Waals surface area contributed by atoms with Crippen LogP contribution < -0.4 is 9.47 Å². The van der Waals surface area contributed by atoms with Gasteiger partial charge >= 0.3 is 0 Å². The van der Waals surface area contributed by atoms with Crippen molar-refractivity contribution in [2.75, 3.05) is 60.0 Å². The Morgan fingerprint density at radius 2 is 1.46 bits per heavy atom. The summed E-state index contributed by atoms with van der Waals surface area (Å²) in [4.78, 5) is 31.2. The maximum absolute atomic E-state index is 12.6. The van der Waals surface area contributed by atoms with Crippen LogP contribution in [0, 0.1) is 0 Å². The Kier molecular flexibility index (Phi) is 7.14. The molecule has 0 aromatic heterocycles. The molecule has 2 saturated heterocycles. The second-order valence-corrected chi connectivity index (χ2v) is 7.43. The topological polar surface area (TPSA) is 62.3 Å². The third-order valence-electron chi connectivity index (χ3n) is 5.63. The summed E-state index contributed by atoms with van der Waals surface area (Å²) in [5.74, 6) is 1.57. The van der Waals surface area contributed by atoms with Crippen molar-refractivity contribution < 1.29 is 19.1 Å². The molecule has 2 aliphatic heterocycles. The highest BCUT2D eigenvalue weighted by Gasteiger charge is 2.25. The molecule has 0 N–H and O–H groups in total. The zero-order valence-corrected chi connectivity index (χ0v) is 17.0. The zero-order chi connectivity index (χ0) is 19.9. The van der Waals surface area contributed by atoms with Gasteiger partial charge < -0.3 is 24.2 Å². The first-order chi connectivity index (χ1) is 13.6. The minimum Gasteiger partial charge on any atom is -0.493 e. The highest BCUT2D eigenvalue weighted by Crippen LogP contribution is 2.27. The molecule has 0 bridgehead atoms. The highest BCUT2D eigenvalue weighted by molar-refractivity contribution is 5.80. The van der Waals surface area contributed by atoms with Crippen LogP contribution in [0.1, 0.15) is 24.8 Å². The molecule has 0 radical (unpaired) electrons. The molecule has 2 fully saturated rings. The molecule has 0 spiro atoms. The number of hydrogen-bond acceptors (Lipinski definition) is 5. The molecule has 154 valence electrons. The number of likely N-dealkylation sites (tertiary alicyclic amines) is 1. The van der Waals surface area contributed by atoms with E-state index in [0.717, 1.165) is 25.2 Å². The zero-order valence-electron chi connectivity index (χ0n) is 17.0. The first-order valence-corrected chi connectivity index (χ1v) is 10.1. The number of nitrogens with zero attached hydrogens (tertiary/aromatic N) is 3. The molecule has 7 heteroatoms. The number of rotatable bonds is 7. The van der Waals surface area contributed by atoms with E-state index in [1.54, 1.807) is 14.2 Å². The van der Waals surface area contributed by atoms with Gasteiger partial charge in [0, 0.05) is 39.1 Å². The lowest BCUT2D eigenvalue weighted by Gasteiger charge is -2.35. The molecule has 2 aliphatic rings. The van der Waals surface area contributed by atoms with Gasteiger partial charge in [-0.1, -0.05) is 6.07 Å². The fraction of sp³-hybridized carbons (Fsp3) is 0.619. The van der Waals surface area contributed by atoms with Crippen molar-refractivity contribution in [2.24, 2.45) is 0 Å². The van der Waals surface area contributed by atoms with E-state index in [2.05, 4.69) is 4.90 Å². The molecular weight excluding hydrogens is 358 g/mol. The van der Waals surface area contributed by atoms with Crippen LogP contribution in [0.15, 0.2) is 18.2 Å². The van der Waals surface area contributed by atoms with Gasteiger partial charge in [0.05, 0.1) is 20.6 Å². The van der Waals surface area contributed by atoms with Crippen LogP contribution in [0.5, 0.6) is 11.5 Å². The van der Waals surface area contributed by atoms with Gasteiger partial charge in [-0.2, -0.15) is 0 Å². The summed E-state index contributed by atoms with van der Waals surface area (Å²) in [6.07, 6.45) is 3.40. The average Bonchev–Trinajstić information content (AvgIpc) is 3.25. The Balaban J connectivity index is 1.45. The van der Waals surface area contributed by atoms with Crippen LogP contribution >= 0.6 is 0 Å². The lowest BCUT2D eigenvalue weighted by atomic mass is 10.1. The van der Waals surface area contributed by atoms with Crippen LogP contribution in [-0.2, 0) is 16.0 Å². The molecule has 0 saturated carbocycles. The van der Waals surface area contributed by atoms with E-state index in [4.69, 9.17) is 9.47 Å². The van der Waals surface area contributed by atoms with Crippen molar-refractivity contribution in [2.45, 2.75) is 25.7 Å². The van der Waals surface area contributed by atoms with Crippen molar-refractivity contribution in [3.8, 4) is 11.5 Å². The highest BCUT2D eigenvalue weighted by atomic mass is 16.5. The lowest BCUT2D eigenvalue weighted by Crippen LogP contribution is -2.51. The van der Waals surface area contributed by atoms with Crippen LogP contribution in [-0.4, -0.2) is 86.5 Å². The Hall–Kier alpha value is -2.28. The van der Waals surface area contributed by atoms with E-state index < -0.39 is 0 Å². The summed E-state index contributed by atoms with van der Waals surface area (Å²) in [5, 5.41) is 0. The van der Waals surface area contributed by atoms with Crippen LogP contribution in [0.3, 0.4) is 0 Å². The number of carbonyl (C=O) groups excluding carboxylic acids is 2. The molecule has 7 nitrogen and oxygen atoms in total. The second kappa shape index (κ2) is 9.78. The summed E-state index contributed by atoms with van der Waals surface area (Å²) < 4.78 is 10.5. The summed E-state index contributed by atoms with van der Waals surface area (Å²) in [6.45, 7) is 5.53. The van der Waals surface area contributed by atoms with E-state index in [-0.39, 0.29) is 11.8 Å². The van der Waals surface area contributed by atoms with Gasteiger partial charge in [-0.15, -0.1) is 0 Å². The third-order valence-corrected chi connectivity index (χ3v) is 5.63. The standard InChI is InChI=1S/C21H31N3O4/c1-27-18-6-5-17(15-19(18)28-2)16-21(26)24-13-11-23(12-14-24)20(25)7-10-22-8-3-4-9-22/h5-6,15H,3-4,7-14,16H2,1-2H3. The van der Waals surface area contributed by atoms with Crippen LogP contribution in [0.4, 0.5) is 0 Å². The normalized spacial score (nSPS) is 17.6. The molecule has 0 aliphatic carbocycles. The van der Waals surface area contributed by atoms with E-state index in [1.807, 2.05) is 28.0 Å². The van der Waals surface area contributed by atoms with E-state index in [9.17, 15) is 9.59 Å². The van der Waals surface area contributed by atoms with E-state index in [1.165, 1.54) is 12.8 Å². The van der Waals surface area contributed by atoms with Gasteiger partial charge in [-0.3, -0.25) is 9.59 Å². The fourth-order valence-corrected chi connectivity index (χ4v) is 3.90. The van der Waals surface area contributed by atoms with Gasteiger partial charge in [0.1, 0.15) is 0 Å². The Labute approximate surface area is 167 Å². The minimum atomic E-state index is 0.0800. The SMILES string of the molecule is COc1ccc(CC(=O)N2CCN(C(=O)CCN3CCCC3)CC2)cc1OC. The summed E-state index contributed by atoms with van der Waals surface area (Å²) in [7, 11) is 3.18. The Morgan fingerprint density at radius 3 is 2.07 bits per heavy atom. The first kappa shape index (κ1) is 20.5. The van der Waals surface area contributed by atoms with Gasteiger partial charge in [-0.05, 0) is 43.6 Å². The molecule has 1 aromatic carbocycles. The number of benzene rings is 1. The third kappa shape index (κ3) is 5.16. The Morgan fingerprint density at radius 1 is 0.857 bits per heavy atom. The van der Waals surface area contributed by atoms with Crippen molar-refractivity contribution in [3.05, 3.63) is 23.8 Å². The summed E-state index contributed by atoms with van der Waals surface area (Å²) in [6, 6.07) is 5.55. The van der Waals surface area contributed by atoms with Gasteiger partial charge in [-0.25, -0.2) is 0 Å². The number of methoxy groups -OCH3 is 2. The molecule has 3 rings (SSSR count). The van der Waals surface area contributed by atoms with E-state index >= 15 is 0 Å². The van der Waals surface area contributed by atoms with Gasteiger partial charge in [0.2, 0.25) is 11.8 Å². The average molecular weight is 389 g/mol. The Bertz CT molecular complexity index is 680. The largest absolute Gasteiger partial charge is 0.493 e. The maximum Gasteiger partial charge on any atom is 0.227 e. The number of piperazine rings is 1. The fourth-order valence-electron chi connectivity index (χ4n) is 3.90. The first-order valence-electron chi connectivity index (χ1n) is 10.1. The predicted octanol–water partition coefficient (Wildman–Crippen LogP) is 1.40. The molecule has 0 unspecified atom stereocenters. The lowest BCUT2D eigenvalue weighted by molar-refractivity contribution is -0.139. The van der Waals surface area contributed by atoms with Crippen molar-refractivity contribution >= 4 is 11.8 Å². The van der Waals surface area contributed by atoms with Gasteiger partial charge in [0.15, 0.2) is 11.5 Å². The molecule has 1 aromatic rings. The quantitative estimate of drug-likeness (QED) is 0.706. The number of ether oxygens (including phenoxy) is 2. The number of hydrogen-bond donors (Lipinski definition) is 0. The van der Waals surface area contributed by atoms with E-state index in [0.29, 0.717) is 50.5 Å². The van der Waals surface area contributed by atoms with Crippen molar-refractivity contribution in [1.29, 1.82) is 0 Å². The van der Waals surface area contributed by atoms with Gasteiger partial charge in [0.25, 0.3) is 0 Å². The monoisotopic (exact) mass is 389 g/mol. The van der Waals surface area contributed by atoms with Crippen molar-refractivity contribution in [3.63, 3.8) is 0 Å². The molecule has 0 atom stereocenters. The molecular formula is C21H31N3O4. The van der Waals surface area contributed by atoms with Crippen molar-refractivity contribution in [1.82, 2.24) is 14.7 Å². The molecule has 2 amide bonds. The van der Waals surface area contributed by atoms with Crippen LogP contribution in [0.25, 0.3) is 0 Å². The summed E-state index contributed by atoms with van der Waals surface area (Å²) >= 11 is 0. The maximum atomic E-state index is 12.6. The molecule has 2 heterocycles. The van der Waals surface area contributed by atoms with Crippen LogP contribution in [0.2, 0.25) is 0 Å². The number of amides is 2. The molecule has 28 heavy (non-hydrogen) atoms. The number of carbonyl (C=O) groups is 2.